The van der Waals surface area contributed by atoms with Crippen molar-refractivity contribution in [1.82, 2.24) is 14.8 Å². The van der Waals surface area contributed by atoms with Crippen LogP contribution in [0.15, 0.2) is 40.1 Å². The van der Waals surface area contributed by atoms with Gasteiger partial charge in [-0.2, -0.15) is 0 Å². The van der Waals surface area contributed by atoms with E-state index in [1.807, 2.05) is 17.6 Å². The molecule has 0 spiro atoms. The van der Waals surface area contributed by atoms with E-state index in [4.69, 9.17) is 25.5 Å². The van der Waals surface area contributed by atoms with Crippen LogP contribution in [-0.4, -0.2) is 33.2 Å². The molecule has 1 aliphatic heterocycles. The maximum Gasteiger partial charge on any atom is 0.234 e. The first-order chi connectivity index (χ1) is 13.2. The van der Waals surface area contributed by atoms with E-state index in [1.165, 1.54) is 11.8 Å². The lowest BCUT2D eigenvalue weighted by Gasteiger charge is -2.09. The molecule has 1 aromatic carbocycles. The van der Waals surface area contributed by atoms with Crippen LogP contribution in [0.3, 0.4) is 0 Å². The third-order valence-electron chi connectivity index (χ3n) is 3.84. The molecule has 0 bridgehead atoms. The number of furan rings is 1. The van der Waals surface area contributed by atoms with E-state index in [2.05, 4.69) is 15.5 Å². The molecule has 140 valence electrons. The standard InChI is InChI=1S/C17H15ClN4O4S/c1-2-22-16(12-4-3-5-24-12)20-21-17(22)27-8-15(23)19-11-7-14-13(6-10(11)18)25-9-26-14/h3-7H,2,8-9H2,1H3,(H,19,23). The molecule has 0 radical (unpaired) electrons. The Hall–Kier alpha value is -2.65. The number of hydrogen-bond donors (Lipinski definition) is 1. The highest BCUT2D eigenvalue weighted by Crippen LogP contribution is 2.39. The lowest BCUT2D eigenvalue weighted by molar-refractivity contribution is -0.113. The zero-order valence-electron chi connectivity index (χ0n) is 14.3. The first-order valence-electron chi connectivity index (χ1n) is 8.14. The molecule has 1 N–H and O–H groups in total. The van der Waals surface area contributed by atoms with E-state index in [0.717, 1.165) is 0 Å². The Morgan fingerprint density at radius 1 is 1.33 bits per heavy atom. The number of fused-ring (bicyclic) bond motifs is 1. The minimum Gasteiger partial charge on any atom is -0.461 e. The van der Waals surface area contributed by atoms with E-state index in [0.29, 0.717) is 45.5 Å². The van der Waals surface area contributed by atoms with Gasteiger partial charge in [0.1, 0.15) is 0 Å². The zero-order chi connectivity index (χ0) is 18.8. The summed E-state index contributed by atoms with van der Waals surface area (Å²) in [5.74, 6) is 2.31. The molecule has 27 heavy (non-hydrogen) atoms. The van der Waals surface area contributed by atoms with Gasteiger partial charge in [0, 0.05) is 18.7 Å². The van der Waals surface area contributed by atoms with Gasteiger partial charge in [0.25, 0.3) is 0 Å². The lowest BCUT2D eigenvalue weighted by Crippen LogP contribution is -2.15. The predicted molar refractivity (Wildman–Crippen MR) is 100 cm³/mol. The highest BCUT2D eigenvalue weighted by Gasteiger charge is 2.19. The summed E-state index contributed by atoms with van der Waals surface area (Å²) in [5, 5.41) is 12.1. The Bertz CT molecular complexity index is 974. The number of carbonyl (C=O) groups excluding carboxylic acids is 1. The van der Waals surface area contributed by atoms with Gasteiger partial charge in [0.15, 0.2) is 28.2 Å². The second-order valence-electron chi connectivity index (χ2n) is 5.55. The van der Waals surface area contributed by atoms with Crippen molar-refractivity contribution in [2.24, 2.45) is 0 Å². The fraction of sp³-hybridized carbons (Fsp3) is 0.235. The summed E-state index contributed by atoms with van der Waals surface area (Å²) in [6.07, 6.45) is 1.58. The predicted octanol–water partition coefficient (Wildman–Crippen LogP) is 3.67. The highest BCUT2D eigenvalue weighted by atomic mass is 35.5. The number of amides is 1. The molecule has 0 fully saturated rings. The topological polar surface area (TPSA) is 91.4 Å². The number of rotatable bonds is 6. The zero-order valence-corrected chi connectivity index (χ0v) is 15.8. The van der Waals surface area contributed by atoms with Gasteiger partial charge in [-0.15, -0.1) is 10.2 Å². The minimum absolute atomic E-state index is 0.142. The Labute approximate surface area is 163 Å². The van der Waals surface area contributed by atoms with Gasteiger partial charge in [0.2, 0.25) is 12.7 Å². The van der Waals surface area contributed by atoms with Crippen molar-refractivity contribution < 1.29 is 18.7 Å². The van der Waals surface area contributed by atoms with E-state index >= 15 is 0 Å². The Morgan fingerprint density at radius 3 is 2.89 bits per heavy atom. The molecule has 2 aromatic heterocycles. The van der Waals surface area contributed by atoms with E-state index in [9.17, 15) is 4.79 Å². The van der Waals surface area contributed by atoms with Crippen molar-refractivity contribution in [1.29, 1.82) is 0 Å². The van der Waals surface area contributed by atoms with Gasteiger partial charge in [-0.3, -0.25) is 9.36 Å². The molecule has 0 aliphatic carbocycles. The third kappa shape index (κ3) is 3.60. The van der Waals surface area contributed by atoms with Crippen LogP contribution in [0.2, 0.25) is 5.02 Å². The number of thioether (sulfide) groups is 1. The summed E-state index contributed by atoms with van der Waals surface area (Å²) in [7, 11) is 0. The first-order valence-corrected chi connectivity index (χ1v) is 9.51. The quantitative estimate of drug-likeness (QED) is 0.624. The molecular weight excluding hydrogens is 392 g/mol. The highest BCUT2D eigenvalue weighted by molar-refractivity contribution is 7.99. The number of nitrogens with one attached hydrogen (secondary N) is 1. The third-order valence-corrected chi connectivity index (χ3v) is 5.12. The van der Waals surface area contributed by atoms with Crippen LogP contribution in [0.5, 0.6) is 11.5 Å². The van der Waals surface area contributed by atoms with Crippen LogP contribution in [-0.2, 0) is 11.3 Å². The fourth-order valence-electron chi connectivity index (χ4n) is 2.60. The van der Waals surface area contributed by atoms with Gasteiger partial charge in [0.05, 0.1) is 22.7 Å². The van der Waals surface area contributed by atoms with Crippen molar-refractivity contribution in [3.63, 3.8) is 0 Å². The smallest absolute Gasteiger partial charge is 0.234 e. The van der Waals surface area contributed by atoms with Crippen molar-refractivity contribution in [3.05, 3.63) is 35.6 Å². The molecule has 0 saturated carbocycles. The van der Waals surface area contributed by atoms with Gasteiger partial charge in [-0.1, -0.05) is 23.4 Å². The van der Waals surface area contributed by atoms with E-state index < -0.39 is 0 Å². The number of aromatic nitrogens is 3. The molecule has 4 rings (SSSR count). The number of anilines is 1. The van der Waals surface area contributed by atoms with Crippen LogP contribution in [0, 0.1) is 0 Å². The average molecular weight is 407 g/mol. The molecule has 0 unspecified atom stereocenters. The van der Waals surface area contributed by atoms with Crippen LogP contribution in [0.25, 0.3) is 11.6 Å². The molecular formula is C17H15ClN4O4S. The monoisotopic (exact) mass is 406 g/mol. The van der Waals surface area contributed by atoms with Crippen LogP contribution < -0.4 is 14.8 Å². The molecule has 3 heterocycles. The van der Waals surface area contributed by atoms with Gasteiger partial charge < -0.3 is 19.2 Å². The lowest BCUT2D eigenvalue weighted by atomic mass is 10.2. The second kappa shape index (κ2) is 7.53. The van der Waals surface area contributed by atoms with Crippen molar-refractivity contribution in [2.75, 3.05) is 17.9 Å². The second-order valence-corrected chi connectivity index (χ2v) is 6.90. The van der Waals surface area contributed by atoms with Crippen molar-refractivity contribution in [2.45, 2.75) is 18.6 Å². The molecule has 1 amide bonds. The minimum atomic E-state index is -0.217. The molecule has 1 aliphatic rings. The number of nitrogens with zero attached hydrogens (tertiary/aromatic N) is 3. The molecule has 0 atom stereocenters. The van der Waals surface area contributed by atoms with E-state index in [1.54, 1.807) is 24.5 Å². The van der Waals surface area contributed by atoms with Crippen molar-refractivity contribution >= 4 is 35.0 Å². The van der Waals surface area contributed by atoms with Crippen molar-refractivity contribution in [3.8, 4) is 23.1 Å². The number of ether oxygens (including phenoxy) is 2. The largest absolute Gasteiger partial charge is 0.461 e. The van der Waals surface area contributed by atoms with Gasteiger partial charge in [-0.05, 0) is 19.1 Å². The van der Waals surface area contributed by atoms with Crippen LogP contribution >= 0.6 is 23.4 Å². The summed E-state index contributed by atoms with van der Waals surface area (Å²) >= 11 is 7.47. The molecule has 0 saturated heterocycles. The average Bonchev–Trinajstić information content (AvgIpc) is 3.39. The first kappa shape index (κ1) is 17.7. The number of halogens is 1. The molecule has 8 nitrogen and oxygen atoms in total. The number of benzene rings is 1. The Balaban J connectivity index is 1.43. The van der Waals surface area contributed by atoms with Gasteiger partial charge in [-0.25, -0.2) is 0 Å². The summed E-state index contributed by atoms with van der Waals surface area (Å²) < 4.78 is 17.8. The summed E-state index contributed by atoms with van der Waals surface area (Å²) in [6, 6.07) is 6.88. The molecule has 3 aromatic rings. The normalized spacial score (nSPS) is 12.4. The number of hydrogen-bond acceptors (Lipinski definition) is 7. The van der Waals surface area contributed by atoms with E-state index in [-0.39, 0.29) is 18.5 Å². The fourth-order valence-corrected chi connectivity index (χ4v) is 3.60. The SMILES string of the molecule is CCn1c(SCC(=O)Nc2cc3c(cc2Cl)OCO3)nnc1-c1ccco1. The van der Waals surface area contributed by atoms with Crippen LogP contribution in [0.1, 0.15) is 6.92 Å². The summed E-state index contributed by atoms with van der Waals surface area (Å²) in [6.45, 7) is 2.77. The van der Waals surface area contributed by atoms with Crippen LogP contribution in [0.4, 0.5) is 5.69 Å². The van der Waals surface area contributed by atoms with Gasteiger partial charge >= 0.3 is 0 Å². The maximum atomic E-state index is 12.3. The summed E-state index contributed by atoms with van der Waals surface area (Å²) in [5.41, 5.74) is 0.472. The summed E-state index contributed by atoms with van der Waals surface area (Å²) in [4.78, 5) is 12.3. The number of carbonyl (C=O) groups is 1. The Morgan fingerprint density at radius 2 is 2.15 bits per heavy atom. The Kier molecular flexibility index (Phi) is 4.95. The maximum absolute atomic E-state index is 12.3. The molecule has 10 heteroatoms.